The van der Waals surface area contributed by atoms with E-state index < -0.39 is 5.97 Å². The number of rotatable bonds is 6. The predicted octanol–water partition coefficient (Wildman–Crippen LogP) is 3.72. The fraction of sp³-hybridized carbons (Fsp3) is 0.304. The smallest absolute Gasteiger partial charge is 0.338 e. The molecule has 3 aromatic rings. The number of ether oxygens (including phenoxy) is 3. The van der Waals surface area contributed by atoms with E-state index in [0.717, 1.165) is 27.7 Å². The van der Waals surface area contributed by atoms with Gasteiger partial charge in [0.05, 0.1) is 5.56 Å². The van der Waals surface area contributed by atoms with Gasteiger partial charge in [0, 0.05) is 29.7 Å². The number of amides is 1. The van der Waals surface area contributed by atoms with Crippen LogP contribution in [0, 0.1) is 13.8 Å². The van der Waals surface area contributed by atoms with Crippen LogP contribution >= 0.6 is 0 Å². The van der Waals surface area contributed by atoms with E-state index in [9.17, 15) is 9.59 Å². The molecule has 7 nitrogen and oxygen atoms in total. The fourth-order valence-corrected chi connectivity index (χ4v) is 3.53. The van der Waals surface area contributed by atoms with Crippen LogP contribution in [0.15, 0.2) is 36.4 Å². The summed E-state index contributed by atoms with van der Waals surface area (Å²) in [5.41, 5.74) is 4.48. The zero-order valence-corrected chi connectivity index (χ0v) is 17.3. The van der Waals surface area contributed by atoms with E-state index in [1.54, 1.807) is 17.0 Å². The Morgan fingerprint density at radius 3 is 2.70 bits per heavy atom. The summed E-state index contributed by atoms with van der Waals surface area (Å²) in [4.78, 5) is 30.0. The minimum atomic E-state index is -0.511. The molecule has 0 aliphatic carbocycles. The predicted molar refractivity (Wildman–Crippen MR) is 112 cm³/mol. The van der Waals surface area contributed by atoms with E-state index in [1.807, 2.05) is 45.0 Å². The maximum absolute atomic E-state index is 12.6. The molecule has 2 heterocycles. The molecule has 1 aromatic heterocycles. The highest BCUT2D eigenvalue weighted by molar-refractivity contribution is 5.96. The molecule has 1 N–H and O–H groups in total. The number of nitrogens with one attached hydrogen (secondary N) is 1. The van der Waals surface area contributed by atoms with Gasteiger partial charge in [-0.1, -0.05) is 6.07 Å². The number of H-pyrrole nitrogens is 1. The lowest BCUT2D eigenvalue weighted by Gasteiger charge is -2.21. The van der Waals surface area contributed by atoms with E-state index in [1.165, 1.54) is 0 Å². The van der Waals surface area contributed by atoms with E-state index in [2.05, 4.69) is 4.98 Å². The highest BCUT2D eigenvalue weighted by Crippen LogP contribution is 2.32. The number of esters is 1. The molecule has 0 atom stereocenters. The van der Waals surface area contributed by atoms with Gasteiger partial charge in [-0.25, -0.2) is 4.79 Å². The SMILES string of the molecule is CCN(Cc1ccc2c(c1)OCO2)C(=O)COC(=O)c1ccc2[nH]c(C)c(C)c2c1. The average Bonchev–Trinajstić information content (AvgIpc) is 3.33. The first-order valence-electron chi connectivity index (χ1n) is 9.88. The van der Waals surface area contributed by atoms with Crippen LogP contribution in [0.4, 0.5) is 0 Å². The van der Waals surface area contributed by atoms with Gasteiger partial charge in [0.15, 0.2) is 18.1 Å². The van der Waals surface area contributed by atoms with Crippen molar-refractivity contribution in [2.75, 3.05) is 19.9 Å². The van der Waals surface area contributed by atoms with E-state index in [4.69, 9.17) is 14.2 Å². The van der Waals surface area contributed by atoms with Crippen molar-refractivity contribution >= 4 is 22.8 Å². The Hall–Kier alpha value is -3.48. The molecule has 0 saturated heterocycles. The van der Waals surface area contributed by atoms with Gasteiger partial charge in [0.25, 0.3) is 5.91 Å². The third kappa shape index (κ3) is 3.83. The van der Waals surface area contributed by atoms with E-state index in [0.29, 0.717) is 30.2 Å². The van der Waals surface area contributed by atoms with E-state index in [-0.39, 0.29) is 19.3 Å². The molecule has 0 radical (unpaired) electrons. The Morgan fingerprint density at radius 2 is 1.90 bits per heavy atom. The third-order valence-electron chi connectivity index (χ3n) is 5.42. The Bertz CT molecular complexity index is 1120. The van der Waals surface area contributed by atoms with Crippen LogP contribution in [-0.2, 0) is 16.1 Å². The normalized spacial score (nSPS) is 12.2. The number of nitrogens with zero attached hydrogens (tertiary/aromatic N) is 1. The number of hydrogen-bond donors (Lipinski definition) is 1. The number of carbonyl (C=O) groups is 2. The lowest BCUT2D eigenvalue weighted by molar-refractivity contribution is -0.134. The van der Waals surface area contributed by atoms with Crippen molar-refractivity contribution < 1.29 is 23.8 Å². The summed E-state index contributed by atoms with van der Waals surface area (Å²) < 4.78 is 16.0. The molecule has 0 bridgehead atoms. The van der Waals surface area contributed by atoms with Gasteiger partial charge in [-0.15, -0.1) is 0 Å². The minimum Gasteiger partial charge on any atom is -0.454 e. The average molecular weight is 408 g/mol. The van der Waals surface area contributed by atoms with Gasteiger partial charge in [-0.05, 0) is 62.2 Å². The lowest BCUT2D eigenvalue weighted by atomic mass is 10.1. The standard InChI is InChI=1S/C23H24N2O5/c1-4-25(11-16-5-8-20-21(9-16)30-13-29-20)22(26)12-28-23(27)17-6-7-19-18(10-17)14(2)15(3)24-19/h5-10,24H,4,11-13H2,1-3H3. The Balaban J connectivity index is 1.39. The quantitative estimate of drug-likeness (QED) is 0.629. The number of aryl methyl sites for hydroxylation is 2. The Labute approximate surface area is 174 Å². The number of fused-ring (bicyclic) bond motifs is 2. The maximum atomic E-state index is 12.6. The van der Waals surface area contributed by atoms with Crippen molar-refractivity contribution in [1.82, 2.24) is 9.88 Å². The molecule has 4 rings (SSSR count). The van der Waals surface area contributed by atoms with Gasteiger partial charge >= 0.3 is 5.97 Å². The molecular weight excluding hydrogens is 384 g/mol. The van der Waals surface area contributed by atoms with Crippen LogP contribution in [0.1, 0.15) is 34.1 Å². The van der Waals surface area contributed by atoms with Gasteiger partial charge < -0.3 is 24.1 Å². The third-order valence-corrected chi connectivity index (χ3v) is 5.42. The molecule has 1 aliphatic heterocycles. The van der Waals surface area contributed by atoms with Crippen LogP contribution in [0.3, 0.4) is 0 Å². The second kappa shape index (κ2) is 8.10. The lowest BCUT2D eigenvalue weighted by Crippen LogP contribution is -2.34. The molecule has 0 fully saturated rings. The van der Waals surface area contributed by atoms with Gasteiger partial charge in [-0.3, -0.25) is 4.79 Å². The molecular formula is C23H24N2O5. The van der Waals surface area contributed by atoms with Crippen molar-refractivity contribution in [2.45, 2.75) is 27.3 Å². The summed E-state index contributed by atoms with van der Waals surface area (Å²) in [5, 5.41) is 0.978. The molecule has 0 spiro atoms. The molecule has 0 saturated carbocycles. The van der Waals surface area contributed by atoms with Crippen molar-refractivity contribution in [3.05, 3.63) is 58.8 Å². The summed E-state index contributed by atoms with van der Waals surface area (Å²) in [6.07, 6.45) is 0. The highest BCUT2D eigenvalue weighted by Gasteiger charge is 2.19. The van der Waals surface area contributed by atoms with Crippen LogP contribution < -0.4 is 9.47 Å². The van der Waals surface area contributed by atoms with Crippen molar-refractivity contribution in [3.8, 4) is 11.5 Å². The van der Waals surface area contributed by atoms with E-state index >= 15 is 0 Å². The summed E-state index contributed by atoms with van der Waals surface area (Å²) in [5.74, 6) is 0.612. The molecule has 0 unspecified atom stereocenters. The molecule has 156 valence electrons. The first kappa shape index (κ1) is 19.8. The van der Waals surface area contributed by atoms with Crippen molar-refractivity contribution in [3.63, 3.8) is 0 Å². The summed E-state index contributed by atoms with van der Waals surface area (Å²) in [7, 11) is 0. The number of benzene rings is 2. The molecule has 2 aromatic carbocycles. The number of carbonyl (C=O) groups excluding carboxylic acids is 2. The first-order chi connectivity index (χ1) is 14.5. The highest BCUT2D eigenvalue weighted by atomic mass is 16.7. The summed E-state index contributed by atoms with van der Waals surface area (Å²) in [6.45, 7) is 6.68. The summed E-state index contributed by atoms with van der Waals surface area (Å²) in [6, 6.07) is 10.9. The number of likely N-dealkylation sites (N-methyl/N-ethyl adjacent to an activating group) is 1. The minimum absolute atomic E-state index is 0.207. The first-order valence-corrected chi connectivity index (χ1v) is 9.88. The monoisotopic (exact) mass is 408 g/mol. The van der Waals surface area contributed by atoms with Crippen LogP contribution in [0.5, 0.6) is 11.5 Å². The Kier molecular flexibility index (Phi) is 5.35. The second-order valence-electron chi connectivity index (χ2n) is 7.31. The molecule has 1 amide bonds. The maximum Gasteiger partial charge on any atom is 0.338 e. The summed E-state index contributed by atoms with van der Waals surface area (Å²) >= 11 is 0. The fourth-order valence-electron chi connectivity index (χ4n) is 3.53. The van der Waals surface area contributed by atoms with Gasteiger partial charge in [-0.2, -0.15) is 0 Å². The van der Waals surface area contributed by atoms with Gasteiger partial charge in [0.1, 0.15) is 0 Å². The Morgan fingerprint density at radius 1 is 1.10 bits per heavy atom. The molecule has 30 heavy (non-hydrogen) atoms. The number of aromatic amines is 1. The molecule has 1 aliphatic rings. The number of hydrogen-bond acceptors (Lipinski definition) is 5. The van der Waals surface area contributed by atoms with Crippen molar-refractivity contribution in [1.29, 1.82) is 0 Å². The number of aromatic nitrogens is 1. The topological polar surface area (TPSA) is 80.9 Å². The zero-order valence-electron chi connectivity index (χ0n) is 17.3. The van der Waals surface area contributed by atoms with Gasteiger partial charge in [0.2, 0.25) is 6.79 Å². The molecule has 7 heteroatoms. The largest absolute Gasteiger partial charge is 0.454 e. The zero-order chi connectivity index (χ0) is 21.3. The van der Waals surface area contributed by atoms with Crippen LogP contribution in [-0.4, -0.2) is 41.7 Å². The second-order valence-corrected chi connectivity index (χ2v) is 7.31. The van der Waals surface area contributed by atoms with Crippen LogP contribution in [0.2, 0.25) is 0 Å². The van der Waals surface area contributed by atoms with Crippen LogP contribution in [0.25, 0.3) is 10.9 Å². The van der Waals surface area contributed by atoms with Crippen molar-refractivity contribution in [2.24, 2.45) is 0 Å².